The third-order valence-electron chi connectivity index (χ3n) is 2.87. The van der Waals surface area contributed by atoms with Crippen LogP contribution in [0.15, 0.2) is 12.1 Å². The predicted molar refractivity (Wildman–Crippen MR) is 70.1 cm³/mol. The molecule has 2 N–H and O–H groups in total. The summed E-state index contributed by atoms with van der Waals surface area (Å²) < 4.78 is 0. The van der Waals surface area contributed by atoms with Crippen LogP contribution in [0.25, 0.3) is 0 Å². The highest BCUT2D eigenvalue weighted by Crippen LogP contribution is 2.21. The van der Waals surface area contributed by atoms with E-state index in [1.807, 2.05) is 0 Å². The van der Waals surface area contributed by atoms with Gasteiger partial charge in [0.2, 0.25) is 0 Å². The second-order valence-electron chi connectivity index (χ2n) is 4.21. The number of carbonyl (C=O) groups excluding carboxylic acids is 1. The molecule has 0 saturated carbocycles. The zero-order valence-electron chi connectivity index (χ0n) is 10.0. The molecule has 0 radical (unpaired) electrons. The number of aliphatic hydroxyl groups excluding tert-OH is 1. The molecule has 0 bridgehead atoms. The van der Waals surface area contributed by atoms with E-state index < -0.39 is 0 Å². The zero-order chi connectivity index (χ0) is 13.0. The van der Waals surface area contributed by atoms with Crippen LogP contribution in [-0.2, 0) is 0 Å². The maximum absolute atomic E-state index is 11.8. The Morgan fingerprint density at radius 1 is 1.44 bits per heavy atom. The summed E-state index contributed by atoms with van der Waals surface area (Å²) in [4.78, 5) is 18.2. The van der Waals surface area contributed by atoms with Crippen LogP contribution >= 0.6 is 11.6 Å². The van der Waals surface area contributed by atoms with Crippen molar-refractivity contribution in [2.45, 2.75) is 12.8 Å². The molecule has 0 atom stereocenters. The van der Waals surface area contributed by atoms with Crippen LogP contribution in [0.1, 0.15) is 23.2 Å². The van der Waals surface area contributed by atoms with Gasteiger partial charge in [0.05, 0.1) is 6.61 Å². The Hall–Kier alpha value is -1.33. The van der Waals surface area contributed by atoms with Crippen molar-refractivity contribution in [1.29, 1.82) is 0 Å². The Bertz CT molecular complexity index is 433. The number of amides is 1. The molecule has 6 heteroatoms. The Balaban J connectivity index is 2.17. The van der Waals surface area contributed by atoms with Crippen LogP contribution in [0.5, 0.6) is 0 Å². The van der Waals surface area contributed by atoms with Crippen molar-refractivity contribution < 1.29 is 9.90 Å². The molecule has 0 spiro atoms. The summed E-state index contributed by atoms with van der Waals surface area (Å²) in [6.07, 6.45) is 2.28. The molecule has 0 aliphatic carbocycles. The van der Waals surface area contributed by atoms with Crippen LogP contribution in [0.2, 0.25) is 5.15 Å². The van der Waals surface area contributed by atoms with E-state index in [0.717, 1.165) is 31.7 Å². The lowest BCUT2D eigenvalue weighted by molar-refractivity contribution is 0.0944. The van der Waals surface area contributed by atoms with Gasteiger partial charge in [-0.15, -0.1) is 0 Å². The molecule has 2 rings (SSSR count). The summed E-state index contributed by atoms with van der Waals surface area (Å²) >= 11 is 5.94. The maximum Gasteiger partial charge on any atom is 0.251 e. The van der Waals surface area contributed by atoms with Gasteiger partial charge in [0.1, 0.15) is 11.0 Å². The molecule has 1 aromatic heterocycles. The average molecular weight is 270 g/mol. The van der Waals surface area contributed by atoms with Crippen LogP contribution in [0.4, 0.5) is 5.82 Å². The number of aromatic nitrogens is 1. The van der Waals surface area contributed by atoms with Gasteiger partial charge in [-0.25, -0.2) is 4.98 Å². The molecule has 1 saturated heterocycles. The first-order valence-corrected chi connectivity index (χ1v) is 6.40. The number of nitrogens with one attached hydrogen (secondary N) is 1. The van der Waals surface area contributed by atoms with E-state index in [0.29, 0.717) is 10.7 Å². The molecule has 1 fully saturated rings. The van der Waals surface area contributed by atoms with Crippen molar-refractivity contribution in [3.8, 4) is 0 Å². The minimum Gasteiger partial charge on any atom is -0.395 e. The molecule has 5 nitrogen and oxygen atoms in total. The molecule has 0 aromatic carbocycles. The monoisotopic (exact) mass is 269 g/mol. The lowest BCUT2D eigenvalue weighted by Crippen LogP contribution is -2.27. The van der Waals surface area contributed by atoms with Gasteiger partial charge in [-0.05, 0) is 25.0 Å². The Labute approximate surface area is 111 Å². The van der Waals surface area contributed by atoms with Crippen LogP contribution in [0.3, 0.4) is 0 Å². The molecule has 1 amide bonds. The summed E-state index contributed by atoms with van der Waals surface area (Å²) in [6, 6.07) is 3.28. The Kier molecular flexibility index (Phi) is 4.38. The van der Waals surface area contributed by atoms with Crippen LogP contribution in [-0.4, -0.2) is 42.2 Å². The normalized spacial score (nSPS) is 14.9. The van der Waals surface area contributed by atoms with Crippen molar-refractivity contribution in [2.75, 3.05) is 31.1 Å². The van der Waals surface area contributed by atoms with E-state index in [1.165, 1.54) is 6.07 Å². The molecule has 1 aromatic rings. The second-order valence-corrected chi connectivity index (χ2v) is 4.60. The van der Waals surface area contributed by atoms with Gasteiger partial charge in [-0.1, -0.05) is 11.6 Å². The number of aliphatic hydroxyl groups is 1. The SMILES string of the molecule is O=C(NCCO)c1cc(Cl)nc(N2CCCC2)c1. The second kappa shape index (κ2) is 6.02. The van der Waals surface area contributed by atoms with Crippen LogP contribution in [0, 0.1) is 0 Å². The molecular weight excluding hydrogens is 254 g/mol. The summed E-state index contributed by atoms with van der Waals surface area (Å²) in [7, 11) is 0. The fraction of sp³-hybridized carbons (Fsp3) is 0.500. The quantitative estimate of drug-likeness (QED) is 0.802. The van der Waals surface area contributed by atoms with Gasteiger partial charge in [-0.3, -0.25) is 4.79 Å². The van der Waals surface area contributed by atoms with E-state index in [-0.39, 0.29) is 19.1 Å². The predicted octanol–water partition coefficient (Wildman–Crippen LogP) is 1.06. The zero-order valence-corrected chi connectivity index (χ0v) is 10.8. The minimum absolute atomic E-state index is 0.0798. The smallest absolute Gasteiger partial charge is 0.251 e. The highest BCUT2D eigenvalue weighted by Gasteiger charge is 2.16. The molecule has 0 unspecified atom stereocenters. The Morgan fingerprint density at radius 2 is 2.17 bits per heavy atom. The molecule has 2 heterocycles. The number of halogens is 1. The van der Waals surface area contributed by atoms with Crippen LogP contribution < -0.4 is 10.2 Å². The molecule has 98 valence electrons. The number of anilines is 1. The van der Waals surface area contributed by atoms with Gasteiger partial charge in [0.25, 0.3) is 5.91 Å². The van der Waals surface area contributed by atoms with Gasteiger partial charge >= 0.3 is 0 Å². The number of rotatable bonds is 4. The number of carbonyl (C=O) groups is 1. The molecular formula is C12H16ClN3O2. The van der Waals surface area contributed by atoms with Crippen molar-refractivity contribution in [3.63, 3.8) is 0 Å². The molecule has 1 aliphatic rings. The van der Waals surface area contributed by atoms with Crippen molar-refractivity contribution >= 4 is 23.3 Å². The third kappa shape index (κ3) is 3.11. The first-order chi connectivity index (χ1) is 8.70. The fourth-order valence-electron chi connectivity index (χ4n) is 1.99. The summed E-state index contributed by atoms with van der Waals surface area (Å²) in [5, 5.41) is 11.6. The first kappa shape index (κ1) is 13.1. The van der Waals surface area contributed by atoms with Crippen molar-refractivity contribution in [2.24, 2.45) is 0 Å². The van der Waals surface area contributed by atoms with Gasteiger partial charge in [-0.2, -0.15) is 0 Å². The largest absolute Gasteiger partial charge is 0.395 e. The van der Waals surface area contributed by atoms with E-state index in [9.17, 15) is 4.79 Å². The highest BCUT2D eigenvalue weighted by molar-refractivity contribution is 6.29. The highest BCUT2D eigenvalue weighted by atomic mass is 35.5. The fourth-order valence-corrected chi connectivity index (χ4v) is 2.20. The number of hydrogen-bond donors (Lipinski definition) is 2. The molecule has 1 aliphatic heterocycles. The average Bonchev–Trinajstić information content (AvgIpc) is 2.89. The number of hydrogen-bond acceptors (Lipinski definition) is 4. The maximum atomic E-state index is 11.8. The van der Waals surface area contributed by atoms with Gasteiger partial charge in [0, 0.05) is 25.2 Å². The summed E-state index contributed by atoms with van der Waals surface area (Å²) in [5.74, 6) is 0.503. The van der Waals surface area contributed by atoms with E-state index >= 15 is 0 Å². The molecule has 18 heavy (non-hydrogen) atoms. The Morgan fingerprint density at radius 3 is 2.83 bits per heavy atom. The standard InChI is InChI=1S/C12H16ClN3O2/c13-10-7-9(12(18)14-3-6-17)8-11(15-10)16-4-1-2-5-16/h7-8,17H,1-6H2,(H,14,18). The lowest BCUT2D eigenvalue weighted by atomic mass is 10.2. The van der Waals surface area contributed by atoms with Crippen molar-refractivity contribution in [3.05, 3.63) is 22.8 Å². The van der Waals surface area contributed by atoms with E-state index in [2.05, 4.69) is 15.2 Å². The minimum atomic E-state index is -0.242. The lowest BCUT2D eigenvalue weighted by Gasteiger charge is -2.17. The van der Waals surface area contributed by atoms with Gasteiger partial charge in [0.15, 0.2) is 0 Å². The number of nitrogens with zero attached hydrogens (tertiary/aromatic N) is 2. The van der Waals surface area contributed by atoms with E-state index in [4.69, 9.17) is 16.7 Å². The first-order valence-electron chi connectivity index (χ1n) is 6.02. The topological polar surface area (TPSA) is 65.5 Å². The summed E-state index contributed by atoms with van der Waals surface area (Å²) in [6.45, 7) is 2.05. The van der Waals surface area contributed by atoms with Gasteiger partial charge < -0.3 is 15.3 Å². The number of pyridine rings is 1. The summed E-state index contributed by atoms with van der Waals surface area (Å²) in [5.41, 5.74) is 0.477. The third-order valence-corrected chi connectivity index (χ3v) is 3.06. The van der Waals surface area contributed by atoms with Crippen molar-refractivity contribution in [1.82, 2.24) is 10.3 Å². The van der Waals surface area contributed by atoms with E-state index in [1.54, 1.807) is 6.07 Å².